The van der Waals surface area contributed by atoms with Gasteiger partial charge in [0.2, 0.25) is 11.7 Å². The van der Waals surface area contributed by atoms with Crippen molar-refractivity contribution < 1.29 is 33.0 Å². The lowest BCUT2D eigenvalue weighted by atomic mass is 10.3. The number of carbonyl (C=O) groups is 2. The van der Waals surface area contributed by atoms with Gasteiger partial charge in [0.25, 0.3) is 0 Å². The lowest BCUT2D eigenvalue weighted by Crippen LogP contribution is -1.99. The molecule has 0 aliphatic heterocycles. The van der Waals surface area contributed by atoms with Gasteiger partial charge in [-0.25, -0.2) is 18.4 Å². The first-order valence-electron chi connectivity index (χ1n) is 2.75. The summed E-state index contributed by atoms with van der Waals surface area (Å²) in [5, 5.41) is 15.7. The van der Waals surface area contributed by atoms with Gasteiger partial charge in [0.05, 0.1) is 6.08 Å². The van der Waals surface area contributed by atoms with Crippen molar-refractivity contribution in [2.24, 2.45) is 0 Å². The smallest absolute Gasteiger partial charge is 0.367 e. The molecule has 0 saturated heterocycles. The first-order valence-corrected chi connectivity index (χ1v) is 2.75. The molecule has 0 atom stereocenters. The molecule has 0 rings (SSSR count). The van der Waals surface area contributed by atoms with Gasteiger partial charge < -0.3 is 10.2 Å². The first-order chi connectivity index (χ1) is 5.86. The number of allylic oxidation sites excluding steroid dienone is 2. The Labute approximate surface area is 69.6 Å². The molecule has 0 aromatic heterocycles. The van der Waals surface area contributed by atoms with E-state index < -0.39 is 29.4 Å². The Morgan fingerprint density at radius 2 is 1.46 bits per heavy atom. The quantitative estimate of drug-likeness (QED) is 0.524. The molecule has 0 bridgehead atoms. The van der Waals surface area contributed by atoms with Crippen LogP contribution in [0.25, 0.3) is 0 Å². The molecule has 0 aromatic carbocycles. The number of hydrogen-bond acceptors (Lipinski definition) is 2. The third-order valence-corrected chi connectivity index (χ3v) is 0.840. The zero-order chi connectivity index (χ0) is 10.6. The van der Waals surface area contributed by atoms with Crippen molar-refractivity contribution in [3.8, 4) is 0 Å². The van der Waals surface area contributed by atoms with Gasteiger partial charge in [0, 0.05) is 0 Å². The summed E-state index contributed by atoms with van der Waals surface area (Å²) in [6.45, 7) is 0. The van der Waals surface area contributed by atoms with E-state index in [2.05, 4.69) is 0 Å². The van der Waals surface area contributed by atoms with Gasteiger partial charge >= 0.3 is 11.9 Å². The fraction of sp³-hybridized carbons (Fsp3) is 0. The van der Waals surface area contributed by atoms with Crippen LogP contribution < -0.4 is 0 Å². The molecule has 0 fully saturated rings. The molecule has 0 aliphatic carbocycles. The van der Waals surface area contributed by atoms with Crippen LogP contribution in [0.3, 0.4) is 0 Å². The summed E-state index contributed by atoms with van der Waals surface area (Å²) in [6.07, 6.45) is -0.294. The van der Waals surface area contributed by atoms with Gasteiger partial charge in [0.15, 0.2) is 5.83 Å². The number of halogens is 3. The van der Waals surface area contributed by atoms with Crippen molar-refractivity contribution >= 4 is 11.9 Å². The van der Waals surface area contributed by atoms with E-state index in [0.717, 1.165) is 0 Å². The van der Waals surface area contributed by atoms with Crippen LogP contribution in [0.2, 0.25) is 0 Å². The second-order valence-electron chi connectivity index (χ2n) is 1.76. The second-order valence-corrected chi connectivity index (χ2v) is 1.76. The molecule has 7 heteroatoms. The van der Waals surface area contributed by atoms with Gasteiger partial charge in [-0.2, -0.15) is 4.39 Å². The molecule has 2 N–H and O–H groups in total. The molecular formula is C6H3F3O4. The van der Waals surface area contributed by atoms with Crippen LogP contribution >= 0.6 is 0 Å². The lowest BCUT2D eigenvalue weighted by molar-refractivity contribution is -0.134. The molecule has 4 nitrogen and oxygen atoms in total. The summed E-state index contributed by atoms with van der Waals surface area (Å²) in [7, 11) is 0. The zero-order valence-corrected chi connectivity index (χ0v) is 5.92. The Balaban J connectivity index is 4.99. The fourth-order valence-corrected chi connectivity index (χ4v) is 0.370. The molecule has 0 amide bonds. The molecule has 0 unspecified atom stereocenters. The third-order valence-electron chi connectivity index (χ3n) is 0.840. The highest BCUT2D eigenvalue weighted by Crippen LogP contribution is 2.18. The van der Waals surface area contributed by atoms with Crippen LogP contribution in [0.4, 0.5) is 13.2 Å². The van der Waals surface area contributed by atoms with Crippen molar-refractivity contribution in [1.29, 1.82) is 0 Å². The predicted octanol–water partition coefficient (Wildman–Crippen LogP) is 1.16. The predicted molar refractivity (Wildman–Crippen MR) is 33.7 cm³/mol. The maximum atomic E-state index is 12.2. The average molecular weight is 196 g/mol. The summed E-state index contributed by atoms with van der Waals surface area (Å²) in [6, 6.07) is 0. The molecule has 0 saturated carbocycles. The molecule has 0 aromatic rings. The first kappa shape index (κ1) is 11.2. The highest BCUT2D eigenvalue weighted by molar-refractivity contribution is 5.86. The average Bonchev–Trinajstić information content (AvgIpc) is 2.00. The molecule has 0 spiro atoms. The van der Waals surface area contributed by atoms with Gasteiger partial charge in [-0.3, -0.25) is 0 Å². The van der Waals surface area contributed by atoms with Crippen LogP contribution in [-0.4, -0.2) is 22.2 Å². The minimum absolute atomic E-state index is 0.294. The van der Waals surface area contributed by atoms with Gasteiger partial charge in [-0.05, 0) is 0 Å². The summed E-state index contributed by atoms with van der Waals surface area (Å²) in [5.74, 6) is -11.0. The van der Waals surface area contributed by atoms with Crippen LogP contribution in [0.15, 0.2) is 23.6 Å². The Bertz CT molecular complexity index is 305. The topological polar surface area (TPSA) is 74.6 Å². The van der Waals surface area contributed by atoms with E-state index in [1.54, 1.807) is 0 Å². The van der Waals surface area contributed by atoms with Crippen LogP contribution in [0, 0.1) is 0 Å². The number of carboxylic acid groups (broad SMARTS) is 2. The van der Waals surface area contributed by atoms with Crippen molar-refractivity contribution in [3.05, 3.63) is 23.6 Å². The number of rotatable bonds is 3. The molecule has 0 radical (unpaired) electrons. The second kappa shape index (κ2) is 4.29. The Kier molecular flexibility index (Phi) is 3.70. The number of hydrogen-bond donors (Lipinski definition) is 2. The molecule has 13 heavy (non-hydrogen) atoms. The summed E-state index contributed by atoms with van der Waals surface area (Å²) < 4.78 is 36.5. The van der Waals surface area contributed by atoms with E-state index in [-0.39, 0.29) is 6.08 Å². The summed E-state index contributed by atoms with van der Waals surface area (Å²) in [4.78, 5) is 19.4. The van der Waals surface area contributed by atoms with Gasteiger partial charge in [-0.1, -0.05) is 0 Å². The Morgan fingerprint density at radius 3 is 1.77 bits per heavy atom. The number of carboxylic acids is 2. The van der Waals surface area contributed by atoms with Crippen molar-refractivity contribution in [2.45, 2.75) is 0 Å². The van der Waals surface area contributed by atoms with Gasteiger partial charge in [-0.15, -0.1) is 0 Å². The zero-order valence-electron chi connectivity index (χ0n) is 5.92. The highest BCUT2D eigenvalue weighted by Gasteiger charge is 2.18. The van der Waals surface area contributed by atoms with E-state index in [9.17, 15) is 22.8 Å². The monoisotopic (exact) mass is 196 g/mol. The molecular weight excluding hydrogens is 193 g/mol. The van der Waals surface area contributed by atoms with E-state index in [0.29, 0.717) is 0 Å². The maximum absolute atomic E-state index is 12.2. The SMILES string of the molecule is O=C(O)/C=C(F)/C(F)=C(\F)C(=O)O. The van der Waals surface area contributed by atoms with Crippen LogP contribution in [0.5, 0.6) is 0 Å². The molecule has 0 heterocycles. The van der Waals surface area contributed by atoms with E-state index in [4.69, 9.17) is 10.2 Å². The molecule has 72 valence electrons. The normalized spacial score (nSPS) is 13.6. The number of aliphatic carboxylic acids is 2. The fourth-order valence-electron chi connectivity index (χ4n) is 0.370. The summed E-state index contributed by atoms with van der Waals surface area (Å²) >= 11 is 0. The molecule has 0 aliphatic rings. The maximum Gasteiger partial charge on any atom is 0.367 e. The minimum Gasteiger partial charge on any atom is -0.478 e. The van der Waals surface area contributed by atoms with Gasteiger partial charge in [0.1, 0.15) is 0 Å². The highest BCUT2D eigenvalue weighted by atomic mass is 19.2. The largest absolute Gasteiger partial charge is 0.478 e. The van der Waals surface area contributed by atoms with Crippen molar-refractivity contribution in [1.82, 2.24) is 0 Å². The third kappa shape index (κ3) is 3.41. The van der Waals surface area contributed by atoms with E-state index in [1.807, 2.05) is 0 Å². The summed E-state index contributed by atoms with van der Waals surface area (Å²) in [5.41, 5.74) is 0. The lowest BCUT2D eigenvalue weighted by Gasteiger charge is -1.92. The Morgan fingerprint density at radius 1 is 1.00 bits per heavy atom. The van der Waals surface area contributed by atoms with E-state index in [1.165, 1.54) is 0 Å². The van der Waals surface area contributed by atoms with E-state index >= 15 is 0 Å². The van der Waals surface area contributed by atoms with Crippen LogP contribution in [0.1, 0.15) is 0 Å². The Hall–Kier alpha value is -1.79. The van der Waals surface area contributed by atoms with Crippen LogP contribution in [-0.2, 0) is 9.59 Å². The minimum atomic E-state index is -2.38. The van der Waals surface area contributed by atoms with Crippen molar-refractivity contribution in [3.63, 3.8) is 0 Å². The standard InChI is InChI=1S/C6H3F3O4/c7-2(1-3(10)11)4(8)5(9)6(12)13/h1H,(H,10,11)(H,12,13)/b2-1-,5-4+. The van der Waals surface area contributed by atoms with Crippen molar-refractivity contribution in [2.75, 3.05) is 0 Å².